The van der Waals surface area contributed by atoms with Gasteiger partial charge in [-0.1, -0.05) is 11.3 Å². The monoisotopic (exact) mass is 358 g/mol. The summed E-state index contributed by atoms with van der Waals surface area (Å²) in [7, 11) is 1.78. The zero-order valence-electron chi connectivity index (χ0n) is 14.9. The summed E-state index contributed by atoms with van der Waals surface area (Å²) in [4.78, 5) is 17.4. The Hall–Kier alpha value is -2.25. The summed E-state index contributed by atoms with van der Waals surface area (Å²) in [6.07, 6.45) is 1.74. The van der Waals surface area contributed by atoms with Gasteiger partial charge in [0.1, 0.15) is 0 Å². The highest BCUT2D eigenvalue weighted by Gasteiger charge is 2.12. The zero-order chi connectivity index (χ0) is 18.0. The van der Waals surface area contributed by atoms with Crippen LogP contribution in [0.15, 0.2) is 29.4 Å². The van der Waals surface area contributed by atoms with Gasteiger partial charge in [-0.15, -0.1) is 0 Å². The third kappa shape index (κ3) is 3.72. The van der Waals surface area contributed by atoms with Crippen molar-refractivity contribution < 1.29 is 9.53 Å². The van der Waals surface area contributed by atoms with E-state index in [1.807, 2.05) is 6.92 Å². The Morgan fingerprint density at radius 1 is 1.32 bits per heavy atom. The fourth-order valence-electron chi connectivity index (χ4n) is 2.60. The molecule has 0 aliphatic rings. The molecule has 0 aliphatic carbocycles. The third-order valence-electron chi connectivity index (χ3n) is 4.09. The van der Waals surface area contributed by atoms with Crippen LogP contribution in [0.25, 0.3) is 10.2 Å². The second-order valence-electron chi connectivity index (χ2n) is 5.93. The molecule has 0 atom stereocenters. The van der Waals surface area contributed by atoms with Crippen LogP contribution in [0.3, 0.4) is 0 Å². The van der Waals surface area contributed by atoms with Gasteiger partial charge in [0.25, 0.3) is 5.91 Å². The van der Waals surface area contributed by atoms with E-state index >= 15 is 0 Å². The van der Waals surface area contributed by atoms with Crippen LogP contribution in [-0.4, -0.2) is 33.5 Å². The molecule has 0 N–H and O–H groups in total. The normalized spacial score (nSPS) is 12.2. The minimum absolute atomic E-state index is 0.328. The van der Waals surface area contributed by atoms with Gasteiger partial charge in [0.2, 0.25) is 0 Å². The molecule has 0 aliphatic heterocycles. The second-order valence-corrected chi connectivity index (χ2v) is 6.94. The van der Waals surface area contributed by atoms with Crippen molar-refractivity contribution in [3.63, 3.8) is 0 Å². The van der Waals surface area contributed by atoms with E-state index in [1.54, 1.807) is 24.0 Å². The van der Waals surface area contributed by atoms with Crippen molar-refractivity contribution in [2.24, 2.45) is 12.0 Å². The van der Waals surface area contributed by atoms with Crippen molar-refractivity contribution >= 4 is 27.5 Å². The standard InChI is InChI=1S/C18H22N4O2S/c1-5-24-9-8-22-15-10-12(2)13(3)11-16(15)25-18(22)19-17(23)14-6-7-21(4)20-14/h6-7,10-11H,5,8-9H2,1-4H3. The predicted molar refractivity (Wildman–Crippen MR) is 98.9 cm³/mol. The highest BCUT2D eigenvalue weighted by Crippen LogP contribution is 2.22. The Morgan fingerprint density at radius 2 is 2.08 bits per heavy atom. The number of aryl methyl sites for hydroxylation is 3. The Labute approximate surface area is 150 Å². The first-order valence-electron chi connectivity index (χ1n) is 8.26. The van der Waals surface area contributed by atoms with E-state index in [9.17, 15) is 4.79 Å². The van der Waals surface area contributed by atoms with E-state index in [1.165, 1.54) is 22.5 Å². The van der Waals surface area contributed by atoms with Gasteiger partial charge in [-0.25, -0.2) is 0 Å². The fraction of sp³-hybridized carbons (Fsp3) is 0.389. The minimum Gasteiger partial charge on any atom is -0.380 e. The van der Waals surface area contributed by atoms with Crippen molar-refractivity contribution in [3.8, 4) is 0 Å². The van der Waals surface area contributed by atoms with E-state index in [-0.39, 0.29) is 5.91 Å². The molecule has 1 aromatic carbocycles. The molecule has 6 nitrogen and oxygen atoms in total. The molecule has 0 spiro atoms. The van der Waals surface area contributed by atoms with Crippen molar-refractivity contribution in [2.75, 3.05) is 13.2 Å². The van der Waals surface area contributed by atoms with Gasteiger partial charge in [-0.05, 0) is 50.1 Å². The van der Waals surface area contributed by atoms with Gasteiger partial charge in [-0.2, -0.15) is 10.1 Å². The third-order valence-corrected chi connectivity index (χ3v) is 5.13. The number of amides is 1. The van der Waals surface area contributed by atoms with Crippen molar-refractivity contribution in [3.05, 3.63) is 46.0 Å². The molecule has 2 aromatic heterocycles. The van der Waals surface area contributed by atoms with E-state index in [0.717, 1.165) is 10.2 Å². The Morgan fingerprint density at radius 3 is 2.76 bits per heavy atom. The number of hydrogen-bond acceptors (Lipinski definition) is 4. The molecule has 3 rings (SSSR count). The summed E-state index contributed by atoms with van der Waals surface area (Å²) in [5.41, 5.74) is 3.88. The summed E-state index contributed by atoms with van der Waals surface area (Å²) < 4.78 is 10.3. The summed E-state index contributed by atoms with van der Waals surface area (Å²) in [6, 6.07) is 5.98. The quantitative estimate of drug-likeness (QED) is 0.659. The summed E-state index contributed by atoms with van der Waals surface area (Å²) in [5, 5.41) is 4.14. The van der Waals surface area contributed by atoms with Gasteiger partial charge in [0, 0.05) is 26.4 Å². The first kappa shape index (κ1) is 17.6. The molecule has 3 aromatic rings. The molecule has 0 radical (unpaired) electrons. The van der Waals surface area contributed by atoms with Crippen LogP contribution in [0.5, 0.6) is 0 Å². The lowest BCUT2D eigenvalue weighted by atomic mass is 10.1. The smallest absolute Gasteiger partial charge is 0.300 e. The van der Waals surface area contributed by atoms with Crippen LogP contribution in [0.1, 0.15) is 28.5 Å². The van der Waals surface area contributed by atoms with Gasteiger partial charge >= 0.3 is 0 Å². The molecule has 7 heteroatoms. The fourth-order valence-corrected chi connectivity index (χ4v) is 3.73. The highest BCUT2D eigenvalue weighted by atomic mass is 32.1. The topological polar surface area (TPSA) is 61.4 Å². The molecule has 25 heavy (non-hydrogen) atoms. The number of benzene rings is 1. The molecule has 1 amide bonds. The number of nitrogens with zero attached hydrogens (tertiary/aromatic N) is 4. The molecule has 0 saturated heterocycles. The van der Waals surface area contributed by atoms with Gasteiger partial charge in [-0.3, -0.25) is 9.48 Å². The summed E-state index contributed by atoms with van der Waals surface area (Å²) >= 11 is 1.52. The SMILES string of the molecule is CCOCCn1c(=NC(=O)c2ccn(C)n2)sc2cc(C)c(C)cc21. The van der Waals surface area contributed by atoms with Crippen LogP contribution < -0.4 is 4.80 Å². The predicted octanol–water partition coefficient (Wildman–Crippen LogP) is 2.83. The molecular formula is C18H22N4O2S. The Balaban J connectivity index is 2.10. The van der Waals surface area contributed by atoms with Gasteiger partial charge in [0.05, 0.1) is 16.8 Å². The number of rotatable bonds is 5. The van der Waals surface area contributed by atoms with E-state index in [0.29, 0.717) is 30.3 Å². The molecule has 132 valence electrons. The first-order valence-corrected chi connectivity index (χ1v) is 9.08. The maximum Gasteiger partial charge on any atom is 0.300 e. The van der Waals surface area contributed by atoms with Gasteiger partial charge < -0.3 is 9.30 Å². The number of fused-ring (bicyclic) bond motifs is 1. The number of carbonyl (C=O) groups is 1. The van der Waals surface area contributed by atoms with Crippen LogP contribution >= 0.6 is 11.3 Å². The lowest BCUT2D eigenvalue weighted by Gasteiger charge is -2.07. The van der Waals surface area contributed by atoms with Crippen molar-refractivity contribution in [1.29, 1.82) is 0 Å². The maximum atomic E-state index is 12.4. The van der Waals surface area contributed by atoms with E-state index in [2.05, 4.69) is 40.6 Å². The van der Waals surface area contributed by atoms with Gasteiger partial charge in [0.15, 0.2) is 10.5 Å². The van der Waals surface area contributed by atoms with Crippen molar-refractivity contribution in [1.82, 2.24) is 14.3 Å². The second kappa shape index (κ2) is 7.33. The van der Waals surface area contributed by atoms with Crippen LogP contribution in [-0.2, 0) is 18.3 Å². The number of carbonyl (C=O) groups excluding carboxylic acids is 1. The Bertz CT molecular complexity index is 981. The number of aromatic nitrogens is 3. The summed E-state index contributed by atoms with van der Waals surface area (Å²) in [5.74, 6) is -0.328. The van der Waals surface area contributed by atoms with Crippen LogP contribution in [0, 0.1) is 13.8 Å². The van der Waals surface area contributed by atoms with E-state index in [4.69, 9.17) is 4.74 Å². The van der Waals surface area contributed by atoms with Crippen LogP contribution in [0.4, 0.5) is 0 Å². The molecular weight excluding hydrogens is 336 g/mol. The Kier molecular flexibility index (Phi) is 5.15. The average Bonchev–Trinajstić information content (AvgIpc) is 3.13. The lowest BCUT2D eigenvalue weighted by molar-refractivity contribution is 0.0991. The zero-order valence-corrected chi connectivity index (χ0v) is 15.8. The first-order chi connectivity index (χ1) is 12.0. The highest BCUT2D eigenvalue weighted by molar-refractivity contribution is 7.16. The number of thiazole rings is 1. The average molecular weight is 358 g/mol. The van der Waals surface area contributed by atoms with Crippen LogP contribution in [0.2, 0.25) is 0 Å². The molecule has 0 fully saturated rings. The molecule has 0 unspecified atom stereocenters. The lowest BCUT2D eigenvalue weighted by Crippen LogP contribution is -2.20. The molecule has 0 bridgehead atoms. The minimum atomic E-state index is -0.328. The van der Waals surface area contributed by atoms with Crippen molar-refractivity contribution in [2.45, 2.75) is 27.3 Å². The largest absolute Gasteiger partial charge is 0.380 e. The number of hydrogen-bond donors (Lipinski definition) is 0. The number of ether oxygens (including phenoxy) is 1. The molecule has 2 heterocycles. The van der Waals surface area contributed by atoms with E-state index < -0.39 is 0 Å². The summed E-state index contributed by atoms with van der Waals surface area (Å²) in [6.45, 7) is 8.06. The molecule has 0 saturated carbocycles. The maximum absolute atomic E-state index is 12.4.